The van der Waals surface area contributed by atoms with Crippen LogP contribution in [-0.4, -0.2) is 37.9 Å². The van der Waals surface area contributed by atoms with Crippen molar-refractivity contribution in [3.05, 3.63) is 82.9 Å². The maximum atomic E-state index is 14.9. The van der Waals surface area contributed by atoms with Crippen molar-refractivity contribution in [2.45, 2.75) is 78.6 Å². The molecule has 6 nitrogen and oxygen atoms in total. The summed E-state index contributed by atoms with van der Waals surface area (Å²) >= 11 is 0. The van der Waals surface area contributed by atoms with E-state index in [9.17, 15) is 18.7 Å². The predicted molar refractivity (Wildman–Crippen MR) is 153 cm³/mol. The van der Waals surface area contributed by atoms with E-state index in [1.165, 1.54) is 6.20 Å². The standard InChI is InChI=1S/C31H40FN2O4P/c1-20(2)34(21(3)4)17-26-14-23(9-12-28(26)29-13-22(5)33-16-31(29)32)18-38-27-8-6-7-25(15-27)30(24-10-11-24)19-39(35,36)37/h6-9,12-16,20-21,24,30H,10-11,17-19H2,1-5H3,(H2,35,36,37). The second-order valence-electron chi connectivity index (χ2n) is 11.3. The summed E-state index contributed by atoms with van der Waals surface area (Å²) in [6.07, 6.45) is 3.13. The zero-order valence-corrected chi connectivity index (χ0v) is 24.4. The molecule has 210 valence electrons. The summed E-state index contributed by atoms with van der Waals surface area (Å²) in [5.41, 5.74) is 5.04. The summed E-state index contributed by atoms with van der Waals surface area (Å²) in [5, 5.41) is 0. The summed E-state index contributed by atoms with van der Waals surface area (Å²) < 4.78 is 32.8. The van der Waals surface area contributed by atoms with E-state index < -0.39 is 7.60 Å². The first-order chi connectivity index (χ1) is 18.4. The number of hydrogen-bond acceptors (Lipinski definition) is 4. The van der Waals surface area contributed by atoms with Crippen LogP contribution in [0.4, 0.5) is 4.39 Å². The molecule has 1 unspecified atom stereocenters. The van der Waals surface area contributed by atoms with Crippen molar-refractivity contribution in [2.75, 3.05) is 6.16 Å². The fourth-order valence-electron chi connectivity index (χ4n) is 5.32. The molecule has 1 heterocycles. The molecule has 0 spiro atoms. The van der Waals surface area contributed by atoms with Crippen molar-refractivity contribution in [2.24, 2.45) is 5.92 Å². The van der Waals surface area contributed by atoms with Gasteiger partial charge >= 0.3 is 7.60 Å². The van der Waals surface area contributed by atoms with Gasteiger partial charge in [-0.15, -0.1) is 0 Å². The van der Waals surface area contributed by atoms with E-state index in [0.717, 1.165) is 40.8 Å². The van der Waals surface area contributed by atoms with E-state index in [-0.39, 0.29) is 17.9 Å². The van der Waals surface area contributed by atoms with Crippen molar-refractivity contribution in [1.29, 1.82) is 0 Å². The van der Waals surface area contributed by atoms with Crippen LogP contribution >= 0.6 is 7.60 Å². The number of nitrogens with zero attached hydrogens (tertiary/aromatic N) is 2. The Morgan fingerprint density at radius 3 is 2.41 bits per heavy atom. The van der Waals surface area contributed by atoms with Crippen LogP contribution in [0.3, 0.4) is 0 Å². The van der Waals surface area contributed by atoms with Gasteiger partial charge in [0.25, 0.3) is 0 Å². The Labute approximate surface area is 231 Å². The van der Waals surface area contributed by atoms with Crippen molar-refractivity contribution < 1.29 is 23.5 Å². The number of ether oxygens (including phenoxy) is 1. The monoisotopic (exact) mass is 554 g/mol. The summed E-state index contributed by atoms with van der Waals surface area (Å²) in [7, 11) is -4.12. The molecule has 39 heavy (non-hydrogen) atoms. The molecule has 3 aromatic rings. The fraction of sp³-hybridized carbons (Fsp3) is 0.452. The van der Waals surface area contributed by atoms with E-state index in [1.807, 2.05) is 43.3 Å². The Balaban J connectivity index is 1.60. The topological polar surface area (TPSA) is 82.9 Å². The zero-order chi connectivity index (χ0) is 28.3. The highest BCUT2D eigenvalue weighted by molar-refractivity contribution is 7.51. The Hall–Kier alpha value is -2.57. The van der Waals surface area contributed by atoms with E-state index in [2.05, 4.69) is 43.6 Å². The molecule has 0 amide bonds. The third-order valence-electron chi connectivity index (χ3n) is 7.45. The minimum Gasteiger partial charge on any atom is -0.489 e. The van der Waals surface area contributed by atoms with Crippen LogP contribution in [0.2, 0.25) is 0 Å². The summed E-state index contributed by atoms with van der Waals surface area (Å²) in [6, 6.07) is 16.0. The molecular weight excluding hydrogens is 514 g/mol. The number of hydrogen-bond donors (Lipinski definition) is 2. The molecule has 2 aromatic carbocycles. The smallest absolute Gasteiger partial charge is 0.326 e. The molecule has 0 bridgehead atoms. The molecule has 1 atom stereocenters. The predicted octanol–water partition coefficient (Wildman–Crippen LogP) is 7.07. The number of rotatable bonds is 12. The largest absolute Gasteiger partial charge is 0.489 e. The highest BCUT2D eigenvalue weighted by atomic mass is 31.2. The van der Waals surface area contributed by atoms with E-state index in [0.29, 0.717) is 42.5 Å². The lowest BCUT2D eigenvalue weighted by molar-refractivity contribution is 0.166. The van der Waals surface area contributed by atoms with Crippen molar-refractivity contribution in [1.82, 2.24) is 9.88 Å². The molecular formula is C31H40FN2O4P. The van der Waals surface area contributed by atoms with E-state index >= 15 is 0 Å². The first-order valence-corrected chi connectivity index (χ1v) is 15.5. The van der Waals surface area contributed by atoms with Gasteiger partial charge in [0.1, 0.15) is 18.2 Å². The van der Waals surface area contributed by atoms with Crippen molar-refractivity contribution >= 4 is 7.60 Å². The first kappa shape index (κ1) is 29.4. The third kappa shape index (κ3) is 7.98. The molecule has 1 aromatic heterocycles. The number of aromatic nitrogens is 1. The van der Waals surface area contributed by atoms with Crippen LogP contribution in [0.25, 0.3) is 11.1 Å². The maximum Gasteiger partial charge on any atom is 0.326 e. The van der Waals surface area contributed by atoms with Crippen LogP contribution in [-0.2, 0) is 17.7 Å². The van der Waals surface area contributed by atoms with Gasteiger partial charge in [-0.1, -0.05) is 30.3 Å². The number of halogens is 1. The van der Waals surface area contributed by atoms with Gasteiger partial charge < -0.3 is 14.5 Å². The molecule has 1 aliphatic rings. The number of benzene rings is 2. The molecule has 2 N–H and O–H groups in total. The minimum atomic E-state index is -4.12. The molecule has 0 aliphatic heterocycles. The van der Waals surface area contributed by atoms with Crippen molar-refractivity contribution in [3.8, 4) is 16.9 Å². The Kier molecular flexibility index (Phi) is 9.28. The molecule has 1 aliphatic carbocycles. The summed E-state index contributed by atoms with van der Waals surface area (Å²) in [4.78, 5) is 25.7. The van der Waals surface area contributed by atoms with Gasteiger partial charge in [0, 0.05) is 29.9 Å². The van der Waals surface area contributed by atoms with Crippen LogP contribution in [0.1, 0.15) is 68.8 Å². The minimum absolute atomic E-state index is 0.140. The lowest BCUT2D eigenvalue weighted by Gasteiger charge is -2.31. The Morgan fingerprint density at radius 2 is 1.77 bits per heavy atom. The summed E-state index contributed by atoms with van der Waals surface area (Å²) in [6.45, 7) is 11.5. The van der Waals surface area contributed by atoms with Gasteiger partial charge in [-0.05, 0) is 99.7 Å². The maximum absolute atomic E-state index is 14.9. The van der Waals surface area contributed by atoms with Gasteiger partial charge in [0.2, 0.25) is 0 Å². The normalized spacial score (nSPS) is 14.8. The number of aryl methyl sites for hydroxylation is 1. The Bertz CT molecular complexity index is 1330. The highest BCUT2D eigenvalue weighted by Crippen LogP contribution is 2.50. The first-order valence-electron chi connectivity index (χ1n) is 13.7. The van der Waals surface area contributed by atoms with Gasteiger partial charge in [0.05, 0.1) is 12.4 Å². The van der Waals surface area contributed by atoms with Crippen LogP contribution in [0, 0.1) is 18.7 Å². The highest BCUT2D eigenvalue weighted by Gasteiger charge is 2.36. The van der Waals surface area contributed by atoms with Gasteiger partial charge in [-0.2, -0.15) is 0 Å². The van der Waals surface area contributed by atoms with E-state index in [4.69, 9.17) is 4.74 Å². The Morgan fingerprint density at radius 1 is 1.05 bits per heavy atom. The zero-order valence-electron chi connectivity index (χ0n) is 23.5. The molecule has 1 saturated carbocycles. The fourth-order valence-corrected chi connectivity index (χ4v) is 6.34. The SMILES string of the molecule is Cc1cc(-c2ccc(COc3cccc(C(CP(=O)(O)O)C4CC4)c3)cc2CN(C(C)C)C(C)C)c(F)cn1. The molecule has 4 rings (SSSR count). The van der Waals surface area contributed by atoms with E-state index in [1.54, 1.807) is 6.07 Å². The quantitative estimate of drug-likeness (QED) is 0.233. The molecule has 0 saturated heterocycles. The lowest BCUT2D eigenvalue weighted by atomic mass is 9.96. The average molecular weight is 555 g/mol. The molecule has 0 radical (unpaired) electrons. The molecule has 8 heteroatoms. The van der Waals surface area contributed by atoms with Crippen LogP contribution in [0.5, 0.6) is 5.75 Å². The van der Waals surface area contributed by atoms with Gasteiger partial charge in [-0.25, -0.2) is 4.39 Å². The third-order valence-corrected chi connectivity index (χ3v) is 8.32. The van der Waals surface area contributed by atoms with Gasteiger partial charge in [0.15, 0.2) is 0 Å². The lowest BCUT2D eigenvalue weighted by Crippen LogP contribution is -2.36. The number of pyridine rings is 1. The van der Waals surface area contributed by atoms with Crippen molar-refractivity contribution in [3.63, 3.8) is 0 Å². The van der Waals surface area contributed by atoms with Crippen LogP contribution in [0.15, 0.2) is 54.7 Å². The van der Waals surface area contributed by atoms with Crippen LogP contribution < -0.4 is 4.74 Å². The molecule has 1 fully saturated rings. The second-order valence-corrected chi connectivity index (χ2v) is 13.0. The average Bonchev–Trinajstić information content (AvgIpc) is 3.71. The van der Waals surface area contributed by atoms with Gasteiger partial charge in [-0.3, -0.25) is 14.4 Å². The second kappa shape index (κ2) is 12.3. The summed E-state index contributed by atoms with van der Waals surface area (Å²) in [5.74, 6) is 0.460.